The van der Waals surface area contributed by atoms with Crippen molar-refractivity contribution in [2.75, 3.05) is 4.90 Å². The lowest BCUT2D eigenvalue weighted by atomic mass is 9.97. The number of thiophene rings is 1. The molecular weight excluding hydrogens is 671 g/mol. The van der Waals surface area contributed by atoms with Crippen LogP contribution in [0.1, 0.15) is 0 Å². The van der Waals surface area contributed by atoms with Crippen LogP contribution in [-0.4, -0.2) is 0 Å². The standard InChI is InChI=1S/C52H35NS/c1-3-10-36(11-4-1)39-18-25-46(26-19-39)53(48-29-22-38-14-7-8-15-43(38)33-48)47-27-20-40(21-28-47)41-16-9-17-42(32-41)45-24-31-52-50(35-45)49-34-44(23-30-51(49)54-52)37-12-5-2-6-13-37/h1-35H. The lowest BCUT2D eigenvalue weighted by molar-refractivity contribution is 1.29. The lowest BCUT2D eigenvalue weighted by Gasteiger charge is -2.26. The molecule has 10 rings (SSSR count). The molecule has 0 saturated heterocycles. The second kappa shape index (κ2) is 13.7. The smallest absolute Gasteiger partial charge is 0.0468 e. The first-order chi connectivity index (χ1) is 26.7. The highest BCUT2D eigenvalue weighted by atomic mass is 32.1. The fourth-order valence-corrected chi connectivity index (χ4v) is 8.71. The molecule has 0 atom stereocenters. The van der Waals surface area contributed by atoms with Gasteiger partial charge in [0.05, 0.1) is 0 Å². The molecular formula is C52H35NS. The van der Waals surface area contributed by atoms with Crippen molar-refractivity contribution in [1.29, 1.82) is 0 Å². The Morgan fingerprint density at radius 1 is 0.259 bits per heavy atom. The van der Waals surface area contributed by atoms with Crippen LogP contribution in [0.5, 0.6) is 0 Å². The monoisotopic (exact) mass is 705 g/mol. The minimum absolute atomic E-state index is 1.11. The Bertz CT molecular complexity index is 2910. The molecule has 1 aromatic heterocycles. The zero-order valence-corrected chi connectivity index (χ0v) is 30.4. The highest BCUT2D eigenvalue weighted by Gasteiger charge is 2.15. The summed E-state index contributed by atoms with van der Waals surface area (Å²) in [7, 11) is 0. The van der Waals surface area contributed by atoms with E-state index in [0.29, 0.717) is 0 Å². The molecule has 0 radical (unpaired) electrons. The van der Waals surface area contributed by atoms with Crippen molar-refractivity contribution in [1.82, 2.24) is 0 Å². The zero-order chi connectivity index (χ0) is 35.8. The van der Waals surface area contributed by atoms with Crippen LogP contribution < -0.4 is 4.90 Å². The summed E-state index contributed by atoms with van der Waals surface area (Å²) in [6.45, 7) is 0. The van der Waals surface area contributed by atoms with Crippen molar-refractivity contribution in [3.63, 3.8) is 0 Å². The van der Waals surface area contributed by atoms with Crippen molar-refractivity contribution in [2.24, 2.45) is 0 Å². The molecule has 0 aliphatic heterocycles. The SMILES string of the molecule is c1ccc(-c2ccc(N(c3ccc(-c4cccc(-c5ccc6sc7ccc(-c8ccccc8)cc7c6c5)c4)cc3)c3ccc4ccccc4c3)cc2)cc1. The van der Waals surface area contributed by atoms with Gasteiger partial charge in [0.15, 0.2) is 0 Å². The van der Waals surface area contributed by atoms with E-state index in [1.165, 1.54) is 75.5 Å². The van der Waals surface area contributed by atoms with Gasteiger partial charge in [-0.3, -0.25) is 0 Å². The third-order valence-corrected chi connectivity index (χ3v) is 11.6. The summed E-state index contributed by atoms with van der Waals surface area (Å²) in [5.74, 6) is 0. The molecule has 0 saturated carbocycles. The summed E-state index contributed by atoms with van der Waals surface area (Å²) in [6.07, 6.45) is 0. The van der Waals surface area contributed by atoms with E-state index in [1.807, 2.05) is 11.3 Å². The maximum Gasteiger partial charge on any atom is 0.0468 e. The molecule has 0 amide bonds. The molecule has 0 bridgehead atoms. The molecule has 254 valence electrons. The Morgan fingerprint density at radius 2 is 0.667 bits per heavy atom. The molecule has 9 aromatic carbocycles. The maximum absolute atomic E-state index is 2.37. The molecule has 1 heterocycles. The normalized spacial score (nSPS) is 11.3. The van der Waals surface area contributed by atoms with Gasteiger partial charge in [-0.2, -0.15) is 0 Å². The van der Waals surface area contributed by atoms with Crippen molar-refractivity contribution in [3.8, 4) is 44.5 Å². The third kappa shape index (κ3) is 6.03. The van der Waals surface area contributed by atoms with Crippen LogP contribution in [0.3, 0.4) is 0 Å². The van der Waals surface area contributed by atoms with Crippen LogP contribution in [0.2, 0.25) is 0 Å². The average molecular weight is 706 g/mol. The number of hydrogen-bond donors (Lipinski definition) is 0. The van der Waals surface area contributed by atoms with E-state index in [9.17, 15) is 0 Å². The highest BCUT2D eigenvalue weighted by Crippen LogP contribution is 2.41. The first-order valence-corrected chi connectivity index (χ1v) is 19.2. The van der Waals surface area contributed by atoms with Crippen molar-refractivity contribution >= 4 is 59.3 Å². The molecule has 0 fully saturated rings. The first-order valence-electron chi connectivity index (χ1n) is 18.4. The van der Waals surface area contributed by atoms with Crippen LogP contribution in [0, 0.1) is 0 Å². The number of nitrogens with zero attached hydrogens (tertiary/aromatic N) is 1. The second-order valence-electron chi connectivity index (χ2n) is 13.8. The molecule has 0 aliphatic carbocycles. The topological polar surface area (TPSA) is 3.24 Å². The van der Waals surface area contributed by atoms with Gasteiger partial charge in [0, 0.05) is 37.2 Å². The number of hydrogen-bond acceptors (Lipinski definition) is 2. The number of benzene rings is 9. The fraction of sp³-hybridized carbons (Fsp3) is 0. The number of rotatable bonds is 7. The minimum atomic E-state index is 1.11. The maximum atomic E-state index is 2.37. The Balaban J connectivity index is 0.994. The molecule has 2 heteroatoms. The first kappa shape index (κ1) is 32.0. The summed E-state index contributed by atoms with van der Waals surface area (Å²) >= 11 is 1.87. The van der Waals surface area contributed by atoms with E-state index >= 15 is 0 Å². The zero-order valence-electron chi connectivity index (χ0n) is 29.6. The van der Waals surface area contributed by atoms with E-state index in [0.717, 1.165) is 17.1 Å². The van der Waals surface area contributed by atoms with E-state index in [4.69, 9.17) is 0 Å². The predicted octanol–water partition coefficient (Wildman–Crippen LogP) is 15.3. The van der Waals surface area contributed by atoms with E-state index < -0.39 is 0 Å². The predicted molar refractivity (Wildman–Crippen MR) is 233 cm³/mol. The molecule has 54 heavy (non-hydrogen) atoms. The van der Waals surface area contributed by atoms with Gasteiger partial charge in [-0.25, -0.2) is 0 Å². The van der Waals surface area contributed by atoms with Gasteiger partial charge < -0.3 is 4.90 Å². The van der Waals surface area contributed by atoms with Gasteiger partial charge in [0.1, 0.15) is 0 Å². The number of fused-ring (bicyclic) bond motifs is 4. The van der Waals surface area contributed by atoms with Crippen molar-refractivity contribution in [3.05, 3.63) is 212 Å². The quantitative estimate of drug-likeness (QED) is 0.160. The van der Waals surface area contributed by atoms with Crippen LogP contribution in [0.25, 0.3) is 75.5 Å². The summed E-state index contributed by atoms with van der Waals surface area (Å²) in [4.78, 5) is 2.35. The Labute approximate surface area is 319 Å². The van der Waals surface area contributed by atoms with E-state index in [1.54, 1.807) is 0 Å². The molecule has 0 spiro atoms. The molecule has 1 nitrogen and oxygen atoms in total. The van der Waals surface area contributed by atoms with Crippen molar-refractivity contribution in [2.45, 2.75) is 0 Å². The molecule has 0 N–H and O–H groups in total. The van der Waals surface area contributed by atoms with Gasteiger partial charge >= 0.3 is 0 Å². The molecule has 0 aliphatic rings. The largest absolute Gasteiger partial charge is 0.310 e. The molecule has 0 unspecified atom stereocenters. The third-order valence-electron chi connectivity index (χ3n) is 10.5. The number of anilines is 3. The van der Waals surface area contributed by atoms with Crippen LogP contribution in [0.4, 0.5) is 17.1 Å². The van der Waals surface area contributed by atoms with E-state index in [2.05, 4.69) is 217 Å². The molecule has 10 aromatic rings. The second-order valence-corrected chi connectivity index (χ2v) is 14.9. The minimum Gasteiger partial charge on any atom is -0.310 e. The van der Waals surface area contributed by atoms with Crippen LogP contribution >= 0.6 is 11.3 Å². The lowest BCUT2D eigenvalue weighted by Crippen LogP contribution is -2.09. The summed E-state index contributed by atoms with van der Waals surface area (Å²) in [5.41, 5.74) is 13.1. The van der Waals surface area contributed by atoms with Crippen LogP contribution in [0.15, 0.2) is 212 Å². The van der Waals surface area contributed by atoms with E-state index in [-0.39, 0.29) is 0 Å². The van der Waals surface area contributed by atoms with Gasteiger partial charge in [-0.05, 0) is 122 Å². The summed E-state index contributed by atoms with van der Waals surface area (Å²) < 4.78 is 2.64. The highest BCUT2D eigenvalue weighted by molar-refractivity contribution is 7.25. The van der Waals surface area contributed by atoms with Gasteiger partial charge in [-0.15, -0.1) is 11.3 Å². The Morgan fingerprint density at radius 3 is 1.28 bits per heavy atom. The average Bonchev–Trinajstić information content (AvgIpc) is 3.62. The fourth-order valence-electron chi connectivity index (χ4n) is 7.64. The van der Waals surface area contributed by atoms with Crippen LogP contribution in [-0.2, 0) is 0 Å². The van der Waals surface area contributed by atoms with Gasteiger partial charge in [0.25, 0.3) is 0 Å². The van der Waals surface area contributed by atoms with Gasteiger partial charge in [0.2, 0.25) is 0 Å². The van der Waals surface area contributed by atoms with Gasteiger partial charge in [-0.1, -0.05) is 146 Å². The van der Waals surface area contributed by atoms with Crippen molar-refractivity contribution < 1.29 is 0 Å². The Kier molecular flexibility index (Phi) is 8.09. The summed E-state index contributed by atoms with van der Waals surface area (Å²) in [5, 5.41) is 5.08. The Hall–Kier alpha value is -6.74. The summed E-state index contributed by atoms with van der Waals surface area (Å²) in [6, 6.07) is 77.1.